The Labute approximate surface area is 89.2 Å². The van der Waals surface area contributed by atoms with E-state index >= 15 is 0 Å². The Morgan fingerprint density at radius 1 is 1.47 bits per heavy atom. The van der Waals surface area contributed by atoms with Gasteiger partial charge in [-0.2, -0.15) is 0 Å². The summed E-state index contributed by atoms with van der Waals surface area (Å²) in [6.45, 7) is 1.86. The lowest BCUT2D eigenvalue weighted by atomic mass is 9.93. The van der Waals surface area contributed by atoms with Crippen LogP contribution < -0.4 is 10.6 Å². The molecule has 1 fully saturated rings. The van der Waals surface area contributed by atoms with E-state index in [-0.39, 0.29) is 24.5 Å². The van der Waals surface area contributed by atoms with Crippen LogP contribution in [0.1, 0.15) is 39.0 Å². The summed E-state index contributed by atoms with van der Waals surface area (Å²) >= 11 is 0. The normalized spacial score (nSPS) is 17.7. The Hall–Kier alpha value is -1.26. The molecule has 1 saturated carbocycles. The Balaban J connectivity index is 2.23. The van der Waals surface area contributed by atoms with Gasteiger partial charge in [0.05, 0.1) is 6.42 Å². The van der Waals surface area contributed by atoms with Crippen molar-refractivity contribution in [3.63, 3.8) is 0 Å². The van der Waals surface area contributed by atoms with Gasteiger partial charge >= 0.3 is 12.0 Å². The summed E-state index contributed by atoms with van der Waals surface area (Å²) < 4.78 is 0. The summed E-state index contributed by atoms with van der Waals surface area (Å²) in [5.41, 5.74) is 0. The minimum Gasteiger partial charge on any atom is -0.481 e. The molecule has 0 heterocycles. The van der Waals surface area contributed by atoms with E-state index in [1.54, 1.807) is 0 Å². The Kier molecular flexibility index (Phi) is 4.39. The van der Waals surface area contributed by atoms with E-state index in [0.29, 0.717) is 6.42 Å². The van der Waals surface area contributed by atoms with E-state index < -0.39 is 5.97 Å². The third-order valence-corrected chi connectivity index (χ3v) is 2.69. The SMILES string of the molecule is CCC(CC(=O)O)NC(=O)NC1CCC1. The third kappa shape index (κ3) is 4.18. The van der Waals surface area contributed by atoms with Gasteiger partial charge in [-0.15, -0.1) is 0 Å². The van der Waals surface area contributed by atoms with Crippen LogP contribution in [-0.2, 0) is 4.79 Å². The van der Waals surface area contributed by atoms with Gasteiger partial charge < -0.3 is 15.7 Å². The van der Waals surface area contributed by atoms with E-state index in [1.165, 1.54) is 0 Å². The number of rotatable bonds is 5. The molecule has 15 heavy (non-hydrogen) atoms. The van der Waals surface area contributed by atoms with Crippen LogP contribution in [0.3, 0.4) is 0 Å². The number of carboxylic acids is 1. The van der Waals surface area contributed by atoms with E-state index in [4.69, 9.17) is 5.11 Å². The summed E-state index contributed by atoms with van der Waals surface area (Å²) in [6.07, 6.45) is 3.84. The molecule has 0 spiro atoms. The summed E-state index contributed by atoms with van der Waals surface area (Å²) in [5, 5.41) is 14.1. The number of aliphatic carboxylic acids is 1. The number of hydrogen-bond donors (Lipinski definition) is 3. The van der Waals surface area contributed by atoms with Crippen molar-refractivity contribution in [1.29, 1.82) is 0 Å². The van der Waals surface area contributed by atoms with Gasteiger partial charge in [0, 0.05) is 12.1 Å². The average molecular weight is 214 g/mol. The standard InChI is InChI=1S/C10H18N2O3/c1-2-7(6-9(13)14)11-10(15)12-8-4-3-5-8/h7-8H,2-6H2,1H3,(H,13,14)(H2,11,12,15). The first-order valence-corrected chi connectivity index (χ1v) is 5.40. The fraction of sp³-hybridized carbons (Fsp3) is 0.800. The van der Waals surface area contributed by atoms with Crippen molar-refractivity contribution >= 4 is 12.0 Å². The molecule has 1 aliphatic carbocycles. The second-order valence-corrected chi connectivity index (χ2v) is 3.95. The molecule has 0 radical (unpaired) electrons. The molecule has 3 N–H and O–H groups in total. The number of nitrogens with one attached hydrogen (secondary N) is 2. The van der Waals surface area contributed by atoms with Crippen LogP contribution in [0.2, 0.25) is 0 Å². The van der Waals surface area contributed by atoms with E-state index in [2.05, 4.69) is 10.6 Å². The smallest absolute Gasteiger partial charge is 0.315 e. The van der Waals surface area contributed by atoms with Crippen molar-refractivity contribution in [3.8, 4) is 0 Å². The molecule has 5 heteroatoms. The molecular formula is C10H18N2O3. The zero-order chi connectivity index (χ0) is 11.3. The molecule has 5 nitrogen and oxygen atoms in total. The maximum atomic E-state index is 11.4. The molecule has 1 aliphatic rings. The molecule has 0 bridgehead atoms. The van der Waals surface area contributed by atoms with Crippen LogP contribution in [0, 0.1) is 0 Å². The second-order valence-electron chi connectivity index (χ2n) is 3.95. The summed E-state index contributed by atoms with van der Waals surface area (Å²) in [4.78, 5) is 21.8. The number of carbonyl (C=O) groups is 2. The van der Waals surface area contributed by atoms with Crippen molar-refractivity contribution in [1.82, 2.24) is 10.6 Å². The number of amides is 2. The quantitative estimate of drug-likeness (QED) is 0.641. The first-order valence-electron chi connectivity index (χ1n) is 5.40. The number of urea groups is 1. The Morgan fingerprint density at radius 2 is 2.13 bits per heavy atom. The van der Waals surface area contributed by atoms with Crippen molar-refractivity contribution in [2.45, 2.75) is 51.1 Å². The lowest BCUT2D eigenvalue weighted by Crippen LogP contribution is -2.48. The van der Waals surface area contributed by atoms with Gasteiger partial charge in [0.25, 0.3) is 0 Å². The van der Waals surface area contributed by atoms with Crippen LogP contribution in [0.25, 0.3) is 0 Å². The van der Waals surface area contributed by atoms with Gasteiger partial charge in [0.15, 0.2) is 0 Å². The van der Waals surface area contributed by atoms with E-state index in [9.17, 15) is 9.59 Å². The fourth-order valence-electron chi connectivity index (χ4n) is 1.47. The van der Waals surface area contributed by atoms with E-state index in [0.717, 1.165) is 19.3 Å². The number of carbonyl (C=O) groups excluding carboxylic acids is 1. The van der Waals surface area contributed by atoms with Crippen LogP contribution >= 0.6 is 0 Å². The maximum absolute atomic E-state index is 11.4. The Bertz CT molecular complexity index is 239. The highest BCUT2D eigenvalue weighted by Gasteiger charge is 2.21. The summed E-state index contributed by atoms with van der Waals surface area (Å²) in [6, 6.07) is -0.234. The highest BCUT2D eigenvalue weighted by atomic mass is 16.4. The first-order chi connectivity index (χ1) is 7.11. The highest BCUT2D eigenvalue weighted by Crippen LogP contribution is 2.17. The average Bonchev–Trinajstić information content (AvgIpc) is 2.09. The monoisotopic (exact) mass is 214 g/mol. The fourth-order valence-corrected chi connectivity index (χ4v) is 1.47. The minimum atomic E-state index is -0.884. The molecule has 0 saturated heterocycles. The molecule has 0 aromatic heterocycles. The van der Waals surface area contributed by atoms with Crippen LogP contribution in [0.15, 0.2) is 0 Å². The van der Waals surface area contributed by atoms with Gasteiger partial charge in [-0.05, 0) is 25.7 Å². The van der Waals surface area contributed by atoms with Crippen LogP contribution in [0.5, 0.6) is 0 Å². The summed E-state index contributed by atoms with van der Waals surface area (Å²) in [5.74, 6) is -0.884. The molecule has 1 rings (SSSR count). The zero-order valence-electron chi connectivity index (χ0n) is 8.95. The third-order valence-electron chi connectivity index (χ3n) is 2.69. The molecule has 0 aromatic rings. The highest BCUT2D eigenvalue weighted by molar-refractivity contribution is 5.76. The summed E-state index contributed by atoms with van der Waals surface area (Å²) in [7, 11) is 0. The predicted molar refractivity (Wildman–Crippen MR) is 55.6 cm³/mol. The molecule has 0 aromatic carbocycles. The van der Waals surface area contributed by atoms with Crippen molar-refractivity contribution in [2.24, 2.45) is 0 Å². The molecule has 2 amide bonds. The van der Waals surface area contributed by atoms with Crippen molar-refractivity contribution < 1.29 is 14.7 Å². The largest absolute Gasteiger partial charge is 0.481 e. The molecule has 86 valence electrons. The van der Waals surface area contributed by atoms with Gasteiger partial charge in [0.1, 0.15) is 0 Å². The first kappa shape index (κ1) is 11.8. The van der Waals surface area contributed by atoms with Gasteiger partial charge in [-0.3, -0.25) is 4.79 Å². The molecule has 1 atom stereocenters. The lowest BCUT2D eigenvalue weighted by Gasteiger charge is -2.27. The van der Waals surface area contributed by atoms with Crippen LogP contribution in [-0.4, -0.2) is 29.2 Å². The molecule has 0 aliphatic heterocycles. The van der Waals surface area contributed by atoms with Gasteiger partial charge in [0.2, 0.25) is 0 Å². The van der Waals surface area contributed by atoms with Crippen molar-refractivity contribution in [2.75, 3.05) is 0 Å². The predicted octanol–water partition coefficient (Wildman–Crippen LogP) is 1.09. The molecule has 1 unspecified atom stereocenters. The second kappa shape index (κ2) is 5.58. The maximum Gasteiger partial charge on any atom is 0.315 e. The topological polar surface area (TPSA) is 78.4 Å². The number of hydrogen-bond acceptors (Lipinski definition) is 2. The number of carboxylic acid groups (broad SMARTS) is 1. The lowest BCUT2D eigenvalue weighted by molar-refractivity contribution is -0.137. The van der Waals surface area contributed by atoms with Gasteiger partial charge in [-0.1, -0.05) is 6.92 Å². The minimum absolute atomic E-state index is 0.0193. The Morgan fingerprint density at radius 3 is 2.53 bits per heavy atom. The van der Waals surface area contributed by atoms with Gasteiger partial charge in [-0.25, -0.2) is 4.79 Å². The van der Waals surface area contributed by atoms with Crippen molar-refractivity contribution in [3.05, 3.63) is 0 Å². The van der Waals surface area contributed by atoms with E-state index in [1.807, 2.05) is 6.92 Å². The van der Waals surface area contributed by atoms with Crippen LogP contribution in [0.4, 0.5) is 4.79 Å². The molecular weight excluding hydrogens is 196 g/mol. The zero-order valence-corrected chi connectivity index (χ0v) is 8.95.